The summed E-state index contributed by atoms with van der Waals surface area (Å²) in [6.45, 7) is 3.55. The van der Waals surface area contributed by atoms with Gasteiger partial charge in [0.1, 0.15) is 6.04 Å². The standard InChI is InChI=1S/C8H15NO3/c1-4-6(8(11)12-3)9-7(10)5-2/h6H,4-5H2,1-3H3,(H,9,10). The van der Waals surface area contributed by atoms with Gasteiger partial charge in [0, 0.05) is 6.42 Å². The third-order valence-corrected chi connectivity index (χ3v) is 1.55. The van der Waals surface area contributed by atoms with Gasteiger partial charge in [-0.3, -0.25) is 4.79 Å². The molecule has 12 heavy (non-hydrogen) atoms. The fraction of sp³-hybridized carbons (Fsp3) is 0.750. The molecular formula is C8H15NO3. The van der Waals surface area contributed by atoms with Gasteiger partial charge in [0.15, 0.2) is 0 Å². The lowest BCUT2D eigenvalue weighted by Gasteiger charge is -2.13. The van der Waals surface area contributed by atoms with E-state index in [1.807, 2.05) is 6.92 Å². The average Bonchev–Trinajstić information content (AvgIpc) is 2.12. The van der Waals surface area contributed by atoms with Crippen molar-refractivity contribution in [1.82, 2.24) is 5.32 Å². The van der Waals surface area contributed by atoms with Crippen LogP contribution in [0.15, 0.2) is 0 Å². The van der Waals surface area contributed by atoms with Crippen molar-refractivity contribution >= 4 is 11.9 Å². The van der Waals surface area contributed by atoms with Gasteiger partial charge in [0.05, 0.1) is 7.11 Å². The SMILES string of the molecule is CCC(=O)NC(CC)C(=O)OC. The molecule has 1 N–H and O–H groups in total. The summed E-state index contributed by atoms with van der Waals surface area (Å²) in [5.74, 6) is -0.522. The molecule has 1 amide bonds. The second-order valence-corrected chi connectivity index (χ2v) is 2.41. The molecule has 4 heteroatoms. The van der Waals surface area contributed by atoms with Gasteiger partial charge in [-0.1, -0.05) is 13.8 Å². The Balaban J connectivity index is 3.99. The molecule has 0 saturated heterocycles. The van der Waals surface area contributed by atoms with Gasteiger partial charge in [-0.25, -0.2) is 4.79 Å². The quantitative estimate of drug-likeness (QED) is 0.628. The van der Waals surface area contributed by atoms with Crippen molar-refractivity contribution < 1.29 is 14.3 Å². The Kier molecular flexibility index (Phi) is 5.08. The van der Waals surface area contributed by atoms with E-state index in [9.17, 15) is 9.59 Å². The molecule has 4 nitrogen and oxygen atoms in total. The third kappa shape index (κ3) is 3.37. The first-order chi connectivity index (χ1) is 5.65. The van der Waals surface area contributed by atoms with E-state index in [0.717, 1.165) is 0 Å². The molecule has 70 valence electrons. The van der Waals surface area contributed by atoms with E-state index in [1.54, 1.807) is 6.92 Å². The first-order valence-corrected chi connectivity index (χ1v) is 4.02. The molecule has 0 fully saturated rings. The predicted molar refractivity (Wildman–Crippen MR) is 44.5 cm³/mol. The number of nitrogens with one attached hydrogen (secondary N) is 1. The van der Waals surface area contributed by atoms with Crippen molar-refractivity contribution in [3.63, 3.8) is 0 Å². The first kappa shape index (κ1) is 10.9. The summed E-state index contributed by atoms with van der Waals surface area (Å²) < 4.78 is 4.49. The second kappa shape index (κ2) is 5.57. The van der Waals surface area contributed by atoms with Gasteiger partial charge in [-0.15, -0.1) is 0 Å². The molecule has 0 aromatic heterocycles. The number of hydrogen-bond donors (Lipinski definition) is 1. The highest BCUT2D eigenvalue weighted by molar-refractivity contribution is 5.84. The fourth-order valence-corrected chi connectivity index (χ4v) is 0.766. The molecule has 0 aliphatic heterocycles. The van der Waals surface area contributed by atoms with E-state index in [0.29, 0.717) is 12.8 Å². The second-order valence-electron chi connectivity index (χ2n) is 2.41. The minimum Gasteiger partial charge on any atom is -0.467 e. The number of rotatable bonds is 4. The highest BCUT2D eigenvalue weighted by atomic mass is 16.5. The molecule has 0 heterocycles. The zero-order valence-electron chi connectivity index (χ0n) is 7.72. The molecule has 0 bridgehead atoms. The van der Waals surface area contributed by atoms with E-state index >= 15 is 0 Å². The van der Waals surface area contributed by atoms with Gasteiger partial charge < -0.3 is 10.1 Å². The average molecular weight is 173 g/mol. The molecule has 1 unspecified atom stereocenters. The molecule has 0 aromatic rings. The minimum absolute atomic E-state index is 0.132. The Bertz CT molecular complexity index is 168. The van der Waals surface area contributed by atoms with Crippen molar-refractivity contribution in [2.24, 2.45) is 0 Å². The van der Waals surface area contributed by atoms with Crippen LogP contribution < -0.4 is 5.32 Å². The van der Waals surface area contributed by atoms with Crippen LogP contribution in [0.4, 0.5) is 0 Å². The van der Waals surface area contributed by atoms with Gasteiger partial charge in [0.25, 0.3) is 0 Å². The lowest BCUT2D eigenvalue weighted by Crippen LogP contribution is -2.40. The Morgan fingerprint density at radius 3 is 2.33 bits per heavy atom. The fourth-order valence-electron chi connectivity index (χ4n) is 0.766. The molecular weight excluding hydrogens is 158 g/mol. The molecule has 0 spiro atoms. The van der Waals surface area contributed by atoms with Crippen LogP contribution in [0.1, 0.15) is 26.7 Å². The maximum absolute atomic E-state index is 11.0. The first-order valence-electron chi connectivity index (χ1n) is 4.02. The largest absolute Gasteiger partial charge is 0.467 e. The summed E-state index contributed by atoms with van der Waals surface area (Å²) in [6, 6.07) is -0.498. The topological polar surface area (TPSA) is 55.4 Å². The summed E-state index contributed by atoms with van der Waals surface area (Å²) in [5.41, 5.74) is 0. The number of amides is 1. The predicted octanol–water partition coefficient (Wildman–Crippen LogP) is 0.464. The lowest BCUT2D eigenvalue weighted by molar-refractivity contribution is -0.145. The zero-order chi connectivity index (χ0) is 9.56. The molecule has 0 saturated carbocycles. The molecule has 1 atom stereocenters. The van der Waals surface area contributed by atoms with Crippen molar-refractivity contribution in [3.05, 3.63) is 0 Å². The van der Waals surface area contributed by atoms with Crippen LogP contribution in [0.25, 0.3) is 0 Å². The number of esters is 1. The molecule has 0 aliphatic carbocycles. The summed E-state index contributed by atoms with van der Waals surface area (Å²) in [7, 11) is 1.31. The number of methoxy groups -OCH3 is 1. The smallest absolute Gasteiger partial charge is 0.328 e. The normalized spacial score (nSPS) is 11.9. The van der Waals surface area contributed by atoms with Crippen LogP contribution in [0.5, 0.6) is 0 Å². The number of hydrogen-bond acceptors (Lipinski definition) is 3. The third-order valence-electron chi connectivity index (χ3n) is 1.55. The highest BCUT2D eigenvalue weighted by Gasteiger charge is 2.17. The maximum Gasteiger partial charge on any atom is 0.328 e. The highest BCUT2D eigenvalue weighted by Crippen LogP contribution is 1.94. The lowest BCUT2D eigenvalue weighted by atomic mass is 10.2. The summed E-state index contributed by atoms with van der Waals surface area (Å²) in [6.07, 6.45) is 0.936. The molecule has 0 aromatic carbocycles. The van der Waals surface area contributed by atoms with Crippen LogP contribution in [0.2, 0.25) is 0 Å². The number of carbonyl (C=O) groups is 2. The Labute approximate surface area is 72.3 Å². The Hall–Kier alpha value is -1.06. The van der Waals surface area contributed by atoms with E-state index in [-0.39, 0.29) is 11.9 Å². The number of carbonyl (C=O) groups excluding carboxylic acids is 2. The zero-order valence-corrected chi connectivity index (χ0v) is 7.72. The Morgan fingerprint density at radius 2 is 2.00 bits per heavy atom. The van der Waals surface area contributed by atoms with Gasteiger partial charge >= 0.3 is 5.97 Å². The van der Waals surface area contributed by atoms with Crippen molar-refractivity contribution in [3.8, 4) is 0 Å². The van der Waals surface area contributed by atoms with E-state index < -0.39 is 6.04 Å². The van der Waals surface area contributed by atoms with E-state index in [4.69, 9.17) is 0 Å². The van der Waals surface area contributed by atoms with Gasteiger partial charge in [-0.05, 0) is 6.42 Å². The van der Waals surface area contributed by atoms with Crippen LogP contribution in [-0.2, 0) is 14.3 Å². The number of ether oxygens (including phenoxy) is 1. The minimum atomic E-state index is -0.498. The van der Waals surface area contributed by atoms with E-state index in [1.165, 1.54) is 7.11 Å². The van der Waals surface area contributed by atoms with Crippen molar-refractivity contribution in [1.29, 1.82) is 0 Å². The van der Waals surface area contributed by atoms with E-state index in [2.05, 4.69) is 10.1 Å². The summed E-state index contributed by atoms with van der Waals surface area (Å²) in [5, 5.41) is 2.55. The van der Waals surface area contributed by atoms with Gasteiger partial charge in [0.2, 0.25) is 5.91 Å². The molecule has 0 aliphatic rings. The van der Waals surface area contributed by atoms with Crippen molar-refractivity contribution in [2.75, 3.05) is 7.11 Å². The summed E-state index contributed by atoms with van der Waals surface area (Å²) in [4.78, 5) is 21.8. The van der Waals surface area contributed by atoms with Gasteiger partial charge in [-0.2, -0.15) is 0 Å². The molecule has 0 radical (unpaired) electrons. The Morgan fingerprint density at radius 1 is 1.42 bits per heavy atom. The van der Waals surface area contributed by atoms with Crippen LogP contribution in [0.3, 0.4) is 0 Å². The van der Waals surface area contributed by atoms with Crippen molar-refractivity contribution in [2.45, 2.75) is 32.7 Å². The van der Waals surface area contributed by atoms with Crippen LogP contribution >= 0.6 is 0 Å². The summed E-state index contributed by atoms with van der Waals surface area (Å²) >= 11 is 0. The maximum atomic E-state index is 11.0. The van der Waals surface area contributed by atoms with Crippen LogP contribution in [0, 0.1) is 0 Å². The van der Waals surface area contributed by atoms with Crippen LogP contribution in [-0.4, -0.2) is 25.0 Å². The molecule has 0 rings (SSSR count). The monoisotopic (exact) mass is 173 g/mol.